The lowest BCUT2D eigenvalue weighted by Gasteiger charge is -2.03. The van der Waals surface area contributed by atoms with Crippen LogP contribution in [0.25, 0.3) is 22.1 Å². The predicted octanol–water partition coefficient (Wildman–Crippen LogP) is 5.01. The van der Waals surface area contributed by atoms with E-state index < -0.39 is 0 Å². The number of amides is 1. The van der Waals surface area contributed by atoms with Crippen molar-refractivity contribution in [2.45, 2.75) is 13.0 Å². The van der Waals surface area contributed by atoms with Gasteiger partial charge in [0.2, 0.25) is 5.91 Å². The summed E-state index contributed by atoms with van der Waals surface area (Å²) in [6, 6.07) is 23.4. The first-order valence-corrected chi connectivity index (χ1v) is 9.01. The fourth-order valence-electron chi connectivity index (χ4n) is 2.91. The zero-order chi connectivity index (χ0) is 18.6. The highest BCUT2D eigenvalue weighted by atomic mass is 35.5. The zero-order valence-corrected chi connectivity index (χ0v) is 15.2. The number of benzene rings is 3. The maximum atomic E-state index is 12.1. The molecule has 1 aromatic heterocycles. The average molecular weight is 377 g/mol. The topological polar surface area (TPSA) is 55.1 Å². The molecule has 1 N–H and O–H groups in total. The lowest BCUT2D eigenvalue weighted by molar-refractivity contribution is -0.120. The van der Waals surface area contributed by atoms with Gasteiger partial charge in [0.25, 0.3) is 0 Å². The molecule has 0 aliphatic heterocycles. The van der Waals surface area contributed by atoms with Gasteiger partial charge in [0, 0.05) is 16.7 Å². The van der Waals surface area contributed by atoms with Crippen molar-refractivity contribution in [3.8, 4) is 11.3 Å². The van der Waals surface area contributed by atoms with Gasteiger partial charge in [-0.3, -0.25) is 4.79 Å². The van der Waals surface area contributed by atoms with Crippen molar-refractivity contribution in [3.63, 3.8) is 0 Å². The summed E-state index contributed by atoms with van der Waals surface area (Å²) >= 11 is 5.86. The smallest absolute Gasteiger partial charge is 0.224 e. The zero-order valence-electron chi connectivity index (χ0n) is 14.5. The molecule has 0 radical (unpaired) electrons. The Morgan fingerprint density at radius 1 is 0.963 bits per heavy atom. The van der Waals surface area contributed by atoms with E-state index in [1.165, 1.54) is 5.39 Å². The summed E-state index contributed by atoms with van der Waals surface area (Å²) in [5.74, 6) is 0.607. The van der Waals surface area contributed by atoms with Crippen LogP contribution in [-0.2, 0) is 17.8 Å². The molecule has 4 nitrogen and oxygen atoms in total. The van der Waals surface area contributed by atoms with Crippen LogP contribution in [0.1, 0.15) is 11.3 Å². The van der Waals surface area contributed by atoms with Gasteiger partial charge in [0.05, 0.1) is 13.0 Å². The van der Waals surface area contributed by atoms with E-state index in [9.17, 15) is 4.79 Å². The molecule has 27 heavy (non-hydrogen) atoms. The van der Waals surface area contributed by atoms with Crippen molar-refractivity contribution in [1.82, 2.24) is 10.5 Å². The number of halogens is 1. The van der Waals surface area contributed by atoms with Gasteiger partial charge in [-0.2, -0.15) is 0 Å². The van der Waals surface area contributed by atoms with Crippen molar-refractivity contribution >= 4 is 28.3 Å². The van der Waals surface area contributed by atoms with Crippen LogP contribution in [0.2, 0.25) is 5.02 Å². The van der Waals surface area contributed by atoms with Crippen LogP contribution in [0.4, 0.5) is 0 Å². The third kappa shape index (κ3) is 4.18. The van der Waals surface area contributed by atoms with Gasteiger partial charge in [-0.25, -0.2) is 0 Å². The Hall–Kier alpha value is -3.11. The largest absolute Gasteiger partial charge is 0.356 e. The van der Waals surface area contributed by atoms with Crippen LogP contribution in [0, 0.1) is 0 Å². The summed E-state index contributed by atoms with van der Waals surface area (Å²) < 4.78 is 5.45. The second-order valence-corrected chi connectivity index (χ2v) is 6.76. The maximum Gasteiger partial charge on any atom is 0.224 e. The summed E-state index contributed by atoms with van der Waals surface area (Å²) in [5.41, 5.74) is 2.55. The van der Waals surface area contributed by atoms with Crippen molar-refractivity contribution in [1.29, 1.82) is 0 Å². The highest BCUT2D eigenvalue weighted by Crippen LogP contribution is 2.25. The van der Waals surface area contributed by atoms with Crippen LogP contribution in [0.5, 0.6) is 0 Å². The Labute approximate surface area is 161 Å². The minimum atomic E-state index is -0.0763. The Morgan fingerprint density at radius 2 is 1.74 bits per heavy atom. The van der Waals surface area contributed by atoms with Gasteiger partial charge >= 0.3 is 0 Å². The molecule has 0 spiro atoms. The van der Waals surface area contributed by atoms with Gasteiger partial charge in [0.15, 0.2) is 5.76 Å². The third-order valence-corrected chi connectivity index (χ3v) is 4.59. The van der Waals surface area contributed by atoms with E-state index in [1.54, 1.807) is 12.1 Å². The maximum absolute atomic E-state index is 12.1. The summed E-state index contributed by atoms with van der Waals surface area (Å²) in [6.07, 6.45) is 0.298. The van der Waals surface area contributed by atoms with Crippen molar-refractivity contribution in [3.05, 3.63) is 89.1 Å². The van der Waals surface area contributed by atoms with E-state index in [-0.39, 0.29) is 5.91 Å². The molecule has 0 aliphatic rings. The van der Waals surface area contributed by atoms with Crippen LogP contribution in [-0.4, -0.2) is 11.1 Å². The predicted molar refractivity (Wildman–Crippen MR) is 106 cm³/mol. The van der Waals surface area contributed by atoms with E-state index in [1.807, 2.05) is 36.4 Å². The number of fused-ring (bicyclic) bond motifs is 1. The monoisotopic (exact) mass is 376 g/mol. The number of nitrogens with one attached hydrogen (secondary N) is 1. The summed E-state index contributed by atoms with van der Waals surface area (Å²) in [5, 5.41) is 9.89. The van der Waals surface area contributed by atoms with Crippen LogP contribution in [0.15, 0.2) is 77.3 Å². The first-order valence-electron chi connectivity index (χ1n) is 8.63. The van der Waals surface area contributed by atoms with Crippen molar-refractivity contribution in [2.24, 2.45) is 0 Å². The third-order valence-electron chi connectivity index (χ3n) is 4.34. The van der Waals surface area contributed by atoms with E-state index in [4.69, 9.17) is 16.1 Å². The first kappa shape index (κ1) is 17.3. The molecule has 134 valence electrons. The second kappa shape index (κ2) is 7.64. The molecule has 0 aliphatic carbocycles. The Bertz CT molecular complexity index is 1090. The molecule has 0 saturated carbocycles. The van der Waals surface area contributed by atoms with E-state index >= 15 is 0 Å². The standard InChI is InChI=1S/C22H17ClN2O2/c23-19-9-5-15(6-10-19)11-22(26)24-14-20-13-21(27-25-20)18-8-7-16-3-1-2-4-17(16)12-18/h1-10,12-13H,11,14H2,(H,24,26). The molecule has 0 unspecified atom stereocenters. The Morgan fingerprint density at radius 3 is 2.56 bits per heavy atom. The SMILES string of the molecule is O=C(Cc1ccc(Cl)cc1)NCc1cc(-c2ccc3ccccc3c2)on1. The number of hydrogen-bond donors (Lipinski definition) is 1. The number of rotatable bonds is 5. The molecule has 1 amide bonds. The number of hydrogen-bond acceptors (Lipinski definition) is 3. The quantitative estimate of drug-likeness (QED) is 0.532. The van der Waals surface area contributed by atoms with Crippen LogP contribution in [0.3, 0.4) is 0 Å². The molecule has 0 atom stereocenters. The molecular formula is C22H17ClN2O2. The molecule has 3 aromatic carbocycles. The molecule has 1 heterocycles. The molecule has 0 saturated heterocycles. The van der Waals surface area contributed by atoms with Crippen LogP contribution < -0.4 is 5.32 Å². The normalized spacial score (nSPS) is 10.9. The van der Waals surface area contributed by atoms with E-state index in [0.29, 0.717) is 29.4 Å². The number of carbonyl (C=O) groups excluding carboxylic acids is 1. The fraction of sp³-hybridized carbons (Fsp3) is 0.0909. The highest BCUT2D eigenvalue weighted by Gasteiger charge is 2.09. The number of aromatic nitrogens is 1. The van der Waals surface area contributed by atoms with Gasteiger partial charge in [-0.05, 0) is 34.5 Å². The number of carbonyl (C=O) groups is 1. The van der Waals surface area contributed by atoms with E-state index in [2.05, 4.69) is 34.7 Å². The lowest BCUT2D eigenvalue weighted by Crippen LogP contribution is -2.24. The highest BCUT2D eigenvalue weighted by molar-refractivity contribution is 6.30. The minimum absolute atomic E-state index is 0.0763. The van der Waals surface area contributed by atoms with Gasteiger partial charge in [0.1, 0.15) is 5.69 Å². The Kier molecular flexibility index (Phi) is 4.90. The van der Waals surface area contributed by atoms with Crippen molar-refractivity contribution < 1.29 is 9.32 Å². The summed E-state index contributed by atoms with van der Waals surface area (Å²) in [7, 11) is 0. The Balaban J connectivity index is 1.40. The molecular weight excluding hydrogens is 360 g/mol. The van der Waals surface area contributed by atoms with Crippen LogP contribution >= 0.6 is 11.6 Å². The molecule has 0 bridgehead atoms. The number of nitrogens with zero attached hydrogens (tertiary/aromatic N) is 1. The second-order valence-electron chi connectivity index (χ2n) is 6.32. The average Bonchev–Trinajstić information content (AvgIpc) is 3.17. The van der Waals surface area contributed by atoms with Gasteiger partial charge in [-0.15, -0.1) is 0 Å². The van der Waals surface area contributed by atoms with Crippen molar-refractivity contribution in [2.75, 3.05) is 0 Å². The fourth-order valence-corrected chi connectivity index (χ4v) is 3.04. The van der Waals surface area contributed by atoms with E-state index in [0.717, 1.165) is 16.5 Å². The summed E-state index contributed by atoms with van der Waals surface area (Å²) in [6.45, 7) is 0.323. The minimum Gasteiger partial charge on any atom is -0.356 e. The van der Waals surface area contributed by atoms with Gasteiger partial charge < -0.3 is 9.84 Å². The van der Waals surface area contributed by atoms with Gasteiger partial charge in [-0.1, -0.05) is 65.3 Å². The molecule has 4 aromatic rings. The molecule has 5 heteroatoms. The first-order chi connectivity index (χ1) is 13.2. The molecule has 0 fully saturated rings. The molecule has 4 rings (SSSR count). The summed E-state index contributed by atoms with van der Waals surface area (Å²) in [4.78, 5) is 12.1. The lowest BCUT2D eigenvalue weighted by atomic mass is 10.1.